The zero-order chi connectivity index (χ0) is 9.97. The van der Waals surface area contributed by atoms with Crippen molar-refractivity contribution in [2.24, 2.45) is 29.4 Å². The number of hydrogen-bond acceptors (Lipinski definition) is 1. The van der Waals surface area contributed by atoms with E-state index in [4.69, 9.17) is 5.73 Å². The van der Waals surface area contributed by atoms with Gasteiger partial charge in [0.15, 0.2) is 0 Å². The van der Waals surface area contributed by atoms with E-state index >= 15 is 0 Å². The molecule has 0 aromatic rings. The first-order valence-corrected chi connectivity index (χ1v) is 6.51. The van der Waals surface area contributed by atoms with Gasteiger partial charge in [0.2, 0.25) is 0 Å². The summed E-state index contributed by atoms with van der Waals surface area (Å²) < 4.78 is 0. The third-order valence-electron chi connectivity index (χ3n) is 4.60. The Morgan fingerprint density at radius 1 is 1.07 bits per heavy atom. The Labute approximate surface area is 88.4 Å². The van der Waals surface area contributed by atoms with Crippen LogP contribution in [0.25, 0.3) is 0 Å². The minimum Gasteiger partial charge on any atom is -0.330 e. The predicted molar refractivity (Wildman–Crippen MR) is 61.0 cm³/mol. The van der Waals surface area contributed by atoms with Gasteiger partial charge in [-0.3, -0.25) is 0 Å². The Kier molecular flexibility index (Phi) is 3.48. The first kappa shape index (κ1) is 10.5. The fourth-order valence-electron chi connectivity index (χ4n) is 3.85. The van der Waals surface area contributed by atoms with E-state index in [-0.39, 0.29) is 0 Å². The molecule has 2 aliphatic rings. The SMILES string of the molecule is CC1CCCC(C2CCCC2CN)C1. The second kappa shape index (κ2) is 4.65. The second-order valence-electron chi connectivity index (χ2n) is 5.62. The van der Waals surface area contributed by atoms with Gasteiger partial charge in [0.05, 0.1) is 0 Å². The third-order valence-corrected chi connectivity index (χ3v) is 4.60. The summed E-state index contributed by atoms with van der Waals surface area (Å²) in [6.45, 7) is 3.37. The lowest BCUT2D eigenvalue weighted by Crippen LogP contribution is -2.28. The van der Waals surface area contributed by atoms with Crippen LogP contribution in [0.3, 0.4) is 0 Å². The van der Waals surface area contributed by atoms with Gasteiger partial charge in [-0.2, -0.15) is 0 Å². The largest absolute Gasteiger partial charge is 0.330 e. The normalized spacial score (nSPS) is 44.1. The van der Waals surface area contributed by atoms with Gasteiger partial charge in [-0.05, 0) is 49.5 Å². The smallest absolute Gasteiger partial charge is 0.00461 e. The van der Waals surface area contributed by atoms with Gasteiger partial charge in [-0.15, -0.1) is 0 Å². The highest BCUT2D eigenvalue weighted by molar-refractivity contribution is 4.85. The van der Waals surface area contributed by atoms with Crippen molar-refractivity contribution in [2.75, 3.05) is 6.54 Å². The van der Waals surface area contributed by atoms with Gasteiger partial charge >= 0.3 is 0 Å². The summed E-state index contributed by atoms with van der Waals surface area (Å²) in [7, 11) is 0. The van der Waals surface area contributed by atoms with Gasteiger partial charge in [0.1, 0.15) is 0 Å². The molecule has 2 N–H and O–H groups in total. The van der Waals surface area contributed by atoms with Crippen molar-refractivity contribution < 1.29 is 0 Å². The van der Waals surface area contributed by atoms with Crippen molar-refractivity contribution in [1.29, 1.82) is 0 Å². The van der Waals surface area contributed by atoms with Gasteiger partial charge in [-0.1, -0.05) is 32.6 Å². The van der Waals surface area contributed by atoms with Gasteiger partial charge in [0, 0.05) is 0 Å². The van der Waals surface area contributed by atoms with E-state index in [1.165, 1.54) is 44.9 Å². The highest BCUT2D eigenvalue weighted by atomic mass is 14.6. The van der Waals surface area contributed by atoms with Crippen LogP contribution in [0.5, 0.6) is 0 Å². The lowest BCUT2D eigenvalue weighted by atomic mass is 9.72. The van der Waals surface area contributed by atoms with E-state index in [9.17, 15) is 0 Å². The van der Waals surface area contributed by atoms with Crippen molar-refractivity contribution in [1.82, 2.24) is 0 Å². The Morgan fingerprint density at radius 2 is 1.86 bits per heavy atom. The minimum absolute atomic E-state index is 0.866. The van der Waals surface area contributed by atoms with Crippen LogP contribution in [0, 0.1) is 23.7 Å². The molecular weight excluding hydrogens is 170 g/mol. The predicted octanol–water partition coefficient (Wildman–Crippen LogP) is 3.19. The maximum Gasteiger partial charge on any atom is -0.00461 e. The van der Waals surface area contributed by atoms with Crippen LogP contribution in [0.1, 0.15) is 51.9 Å². The summed E-state index contributed by atoms with van der Waals surface area (Å²) >= 11 is 0. The van der Waals surface area contributed by atoms with Crippen LogP contribution in [-0.4, -0.2) is 6.54 Å². The first-order valence-electron chi connectivity index (χ1n) is 6.51. The molecule has 82 valence electrons. The van der Waals surface area contributed by atoms with Crippen LogP contribution >= 0.6 is 0 Å². The van der Waals surface area contributed by atoms with E-state index in [0.717, 1.165) is 30.2 Å². The van der Waals surface area contributed by atoms with Gasteiger partial charge in [-0.25, -0.2) is 0 Å². The Hall–Kier alpha value is -0.0400. The monoisotopic (exact) mass is 195 g/mol. The molecular formula is C13H25N. The maximum atomic E-state index is 5.87. The number of nitrogens with two attached hydrogens (primary N) is 1. The van der Waals surface area contributed by atoms with Crippen LogP contribution in [0.2, 0.25) is 0 Å². The molecule has 0 aromatic carbocycles. The highest BCUT2D eigenvalue weighted by Crippen LogP contribution is 2.43. The summed E-state index contributed by atoms with van der Waals surface area (Å²) in [5, 5.41) is 0. The second-order valence-corrected chi connectivity index (χ2v) is 5.62. The zero-order valence-corrected chi connectivity index (χ0v) is 9.54. The van der Waals surface area contributed by atoms with Crippen LogP contribution in [-0.2, 0) is 0 Å². The topological polar surface area (TPSA) is 26.0 Å². The standard InChI is InChI=1S/C13H25N/c1-10-4-2-5-11(8-10)13-7-3-6-12(13)9-14/h10-13H,2-9,14H2,1H3. The first-order chi connectivity index (χ1) is 6.81. The molecule has 0 aliphatic heterocycles. The minimum atomic E-state index is 0.866. The molecule has 4 atom stereocenters. The molecule has 0 bridgehead atoms. The summed E-state index contributed by atoms with van der Waals surface area (Å²) in [6.07, 6.45) is 10.2. The molecule has 4 unspecified atom stereocenters. The van der Waals surface area contributed by atoms with Crippen LogP contribution in [0.4, 0.5) is 0 Å². The van der Waals surface area contributed by atoms with Crippen molar-refractivity contribution in [3.63, 3.8) is 0 Å². The maximum absolute atomic E-state index is 5.87. The number of rotatable bonds is 2. The molecule has 2 rings (SSSR count). The van der Waals surface area contributed by atoms with Crippen molar-refractivity contribution in [2.45, 2.75) is 51.9 Å². The third kappa shape index (κ3) is 2.13. The molecule has 2 saturated carbocycles. The molecule has 1 heteroatoms. The molecule has 0 saturated heterocycles. The lowest BCUT2D eigenvalue weighted by Gasteiger charge is -2.34. The van der Waals surface area contributed by atoms with E-state index in [1.807, 2.05) is 0 Å². The van der Waals surface area contributed by atoms with Crippen molar-refractivity contribution in [3.05, 3.63) is 0 Å². The molecule has 1 nitrogen and oxygen atoms in total. The fourth-order valence-corrected chi connectivity index (χ4v) is 3.85. The molecule has 0 spiro atoms. The zero-order valence-electron chi connectivity index (χ0n) is 9.54. The van der Waals surface area contributed by atoms with E-state index in [0.29, 0.717) is 0 Å². The molecule has 2 aliphatic carbocycles. The molecule has 0 amide bonds. The summed E-state index contributed by atoms with van der Waals surface area (Å²) in [5.41, 5.74) is 5.87. The van der Waals surface area contributed by atoms with E-state index in [1.54, 1.807) is 0 Å². The Bertz CT molecular complexity index is 178. The van der Waals surface area contributed by atoms with Gasteiger partial charge in [0.25, 0.3) is 0 Å². The highest BCUT2D eigenvalue weighted by Gasteiger charge is 2.34. The van der Waals surface area contributed by atoms with E-state index < -0.39 is 0 Å². The lowest BCUT2D eigenvalue weighted by molar-refractivity contribution is 0.172. The summed E-state index contributed by atoms with van der Waals surface area (Å²) in [5.74, 6) is 3.86. The Balaban J connectivity index is 1.92. The van der Waals surface area contributed by atoms with Crippen LogP contribution in [0.15, 0.2) is 0 Å². The van der Waals surface area contributed by atoms with Crippen molar-refractivity contribution >= 4 is 0 Å². The average molecular weight is 195 g/mol. The number of hydrogen-bond donors (Lipinski definition) is 1. The fraction of sp³-hybridized carbons (Fsp3) is 1.00. The molecule has 2 fully saturated rings. The van der Waals surface area contributed by atoms with Gasteiger partial charge < -0.3 is 5.73 Å². The summed E-state index contributed by atoms with van der Waals surface area (Å²) in [4.78, 5) is 0. The molecule has 0 heterocycles. The average Bonchev–Trinajstić information content (AvgIpc) is 2.65. The Morgan fingerprint density at radius 3 is 2.57 bits per heavy atom. The van der Waals surface area contributed by atoms with Crippen LogP contribution < -0.4 is 5.73 Å². The van der Waals surface area contributed by atoms with E-state index in [2.05, 4.69) is 6.92 Å². The molecule has 14 heavy (non-hydrogen) atoms. The quantitative estimate of drug-likeness (QED) is 0.719. The summed E-state index contributed by atoms with van der Waals surface area (Å²) in [6, 6.07) is 0. The molecule has 0 radical (unpaired) electrons. The molecule has 0 aromatic heterocycles. The van der Waals surface area contributed by atoms with Crippen molar-refractivity contribution in [3.8, 4) is 0 Å².